The summed E-state index contributed by atoms with van der Waals surface area (Å²) in [6.45, 7) is 1.18. The number of nitrogens with one attached hydrogen (secondary N) is 2. The number of thiocarbonyl (C=S) groups is 1. The number of benzene rings is 1. The molecule has 124 valence electrons. The number of rotatable bonds is 5. The van der Waals surface area contributed by atoms with Gasteiger partial charge in [-0.25, -0.2) is 0 Å². The van der Waals surface area contributed by atoms with E-state index >= 15 is 0 Å². The van der Waals surface area contributed by atoms with E-state index in [1.54, 1.807) is 10.9 Å². The van der Waals surface area contributed by atoms with Crippen molar-refractivity contribution in [1.82, 2.24) is 24.9 Å². The minimum Gasteiger partial charge on any atom is -0.357 e. The van der Waals surface area contributed by atoms with Gasteiger partial charge in [0.1, 0.15) is 0 Å². The second kappa shape index (κ2) is 7.46. The molecule has 0 bridgehead atoms. The number of anilines is 1. The Hall–Kier alpha value is -2.38. The lowest BCUT2D eigenvalue weighted by Gasteiger charge is -2.07. The van der Waals surface area contributed by atoms with E-state index in [0.29, 0.717) is 18.2 Å². The lowest BCUT2D eigenvalue weighted by molar-refractivity contribution is 0.687. The van der Waals surface area contributed by atoms with Crippen LogP contribution in [0, 0.1) is 0 Å². The molecule has 0 amide bonds. The molecule has 2 N–H and O–H groups in total. The first kappa shape index (κ1) is 16.5. The Bertz CT molecular complexity index is 840. The summed E-state index contributed by atoms with van der Waals surface area (Å²) in [5, 5.41) is 16.1. The van der Waals surface area contributed by atoms with Crippen LogP contribution in [0.1, 0.15) is 11.3 Å². The van der Waals surface area contributed by atoms with Crippen molar-refractivity contribution in [3.05, 3.63) is 65.2 Å². The fourth-order valence-electron chi connectivity index (χ4n) is 2.22. The molecule has 0 spiro atoms. The summed E-state index contributed by atoms with van der Waals surface area (Å²) in [4.78, 5) is 0. The molecule has 0 saturated heterocycles. The highest BCUT2D eigenvalue weighted by Crippen LogP contribution is 2.16. The van der Waals surface area contributed by atoms with Gasteiger partial charge >= 0.3 is 0 Å². The smallest absolute Gasteiger partial charge is 0.171 e. The molecule has 1 aromatic carbocycles. The van der Waals surface area contributed by atoms with Gasteiger partial charge in [-0.05, 0) is 29.9 Å². The molecule has 3 aromatic rings. The number of aryl methyl sites for hydroxylation is 1. The quantitative estimate of drug-likeness (QED) is 0.685. The first-order chi connectivity index (χ1) is 11.6. The monoisotopic (exact) mass is 360 g/mol. The summed E-state index contributed by atoms with van der Waals surface area (Å²) in [6, 6.07) is 9.66. The van der Waals surface area contributed by atoms with Gasteiger partial charge in [0.05, 0.1) is 30.7 Å². The Labute approximate surface area is 150 Å². The molecule has 0 aliphatic carbocycles. The topological polar surface area (TPSA) is 59.7 Å². The number of halogens is 1. The number of hydrogen-bond donors (Lipinski definition) is 2. The largest absolute Gasteiger partial charge is 0.357 e. The molecule has 0 unspecified atom stereocenters. The van der Waals surface area contributed by atoms with E-state index < -0.39 is 0 Å². The lowest BCUT2D eigenvalue weighted by atomic mass is 10.2. The third kappa shape index (κ3) is 4.33. The maximum Gasteiger partial charge on any atom is 0.171 e. The molecule has 2 aromatic heterocycles. The zero-order valence-corrected chi connectivity index (χ0v) is 14.7. The first-order valence-corrected chi connectivity index (χ1v) is 8.18. The number of aromatic nitrogens is 4. The van der Waals surface area contributed by atoms with Crippen molar-refractivity contribution in [2.75, 3.05) is 5.32 Å². The molecular formula is C16H17ClN6S. The van der Waals surface area contributed by atoms with Crippen molar-refractivity contribution >= 4 is 34.6 Å². The normalized spacial score (nSPS) is 10.6. The molecule has 0 aliphatic rings. The van der Waals surface area contributed by atoms with Crippen molar-refractivity contribution in [3.63, 3.8) is 0 Å². The Morgan fingerprint density at radius 2 is 2.12 bits per heavy atom. The fraction of sp³-hybridized carbons (Fsp3) is 0.188. The Kier molecular flexibility index (Phi) is 5.12. The number of nitrogens with zero attached hydrogens (tertiary/aromatic N) is 4. The molecule has 0 radical (unpaired) electrons. The molecular weight excluding hydrogens is 344 g/mol. The standard InChI is InChI=1S/C16H17ClN6S/c1-22-7-6-13(21-22)8-18-16(24)20-14-9-19-23(11-14)10-12-4-2-3-5-15(12)17/h2-7,9,11H,8,10H2,1H3,(H2,18,20,24). The van der Waals surface area contributed by atoms with Crippen molar-refractivity contribution in [1.29, 1.82) is 0 Å². The van der Waals surface area contributed by atoms with Gasteiger partial charge in [0.2, 0.25) is 0 Å². The second-order valence-electron chi connectivity index (χ2n) is 5.31. The van der Waals surface area contributed by atoms with Crippen LogP contribution in [0.3, 0.4) is 0 Å². The van der Waals surface area contributed by atoms with E-state index in [1.807, 2.05) is 54.5 Å². The maximum absolute atomic E-state index is 6.17. The van der Waals surface area contributed by atoms with Crippen LogP contribution >= 0.6 is 23.8 Å². The predicted molar refractivity (Wildman–Crippen MR) is 99.0 cm³/mol. The van der Waals surface area contributed by atoms with E-state index in [2.05, 4.69) is 20.8 Å². The molecule has 2 heterocycles. The van der Waals surface area contributed by atoms with Crippen LogP contribution < -0.4 is 10.6 Å². The molecule has 0 saturated carbocycles. The van der Waals surface area contributed by atoms with Crippen molar-refractivity contribution in [2.24, 2.45) is 7.05 Å². The summed E-state index contributed by atoms with van der Waals surface area (Å²) in [6.07, 6.45) is 5.51. The highest BCUT2D eigenvalue weighted by Gasteiger charge is 2.05. The molecule has 0 atom stereocenters. The van der Waals surface area contributed by atoms with Crippen molar-refractivity contribution < 1.29 is 0 Å². The van der Waals surface area contributed by atoms with E-state index in [-0.39, 0.29) is 0 Å². The van der Waals surface area contributed by atoms with Gasteiger partial charge in [0.25, 0.3) is 0 Å². The predicted octanol–water partition coefficient (Wildman–Crippen LogP) is 2.80. The Balaban J connectivity index is 1.53. The SMILES string of the molecule is Cn1ccc(CNC(=S)Nc2cnn(Cc3ccccc3Cl)c2)n1. The lowest BCUT2D eigenvalue weighted by Crippen LogP contribution is -2.27. The van der Waals surface area contributed by atoms with Gasteiger partial charge in [-0.3, -0.25) is 9.36 Å². The van der Waals surface area contributed by atoms with Gasteiger partial charge in [0, 0.05) is 24.5 Å². The Morgan fingerprint density at radius 1 is 1.29 bits per heavy atom. The van der Waals surface area contributed by atoms with Gasteiger partial charge in [0.15, 0.2) is 5.11 Å². The molecule has 3 rings (SSSR count). The molecule has 6 nitrogen and oxygen atoms in total. The third-order valence-corrected chi connectivity index (χ3v) is 4.00. The van der Waals surface area contributed by atoms with Gasteiger partial charge < -0.3 is 10.6 Å². The first-order valence-electron chi connectivity index (χ1n) is 7.39. The van der Waals surface area contributed by atoms with Crippen LogP contribution in [0.4, 0.5) is 5.69 Å². The highest BCUT2D eigenvalue weighted by atomic mass is 35.5. The van der Waals surface area contributed by atoms with E-state index in [1.165, 1.54) is 0 Å². The van der Waals surface area contributed by atoms with Gasteiger partial charge in [-0.2, -0.15) is 10.2 Å². The Morgan fingerprint density at radius 3 is 2.88 bits per heavy atom. The second-order valence-corrected chi connectivity index (χ2v) is 6.12. The minimum atomic E-state index is 0.526. The van der Waals surface area contributed by atoms with Gasteiger partial charge in [-0.15, -0.1) is 0 Å². The van der Waals surface area contributed by atoms with E-state index in [4.69, 9.17) is 23.8 Å². The summed E-state index contributed by atoms with van der Waals surface area (Å²) in [7, 11) is 1.88. The third-order valence-electron chi connectivity index (χ3n) is 3.38. The molecule has 24 heavy (non-hydrogen) atoms. The maximum atomic E-state index is 6.17. The average molecular weight is 361 g/mol. The molecule has 0 fully saturated rings. The highest BCUT2D eigenvalue weighted by molar-refractivity contribution is 7.80. The minimum absolute atomic E-state index is 0.526. The van der Waals surface area contributed by atoms with Crippen LogP contribution in [0.25, 0.3) is 0 Å². The molecule has 0 aliphatic heterocycles. The van der Waals surface area contributed by atoms with Crippen LogP contribution in [-0.4, -0.2) is 24.7 Å². The van der Waals surface area contributed by atoms with Crippen LogP contribution in [0.5, 0.6) is 0 Å². The zero-order chi connectivity index (χ0) is 16.9. The van der Waals surface area contributed by atoms with Crippen molar-refractivity contribution in [2.45, 2.75) is 13.1 Å². The summed E-state index contributed by atoms with van der Waals surface area (Å²) < 4.78 is 3.57. The average Bonchev–Trinajstić information content (AvgIpc) is 3.17. The van der Waals surface area contributed by atoms with Gasteiger partial charge in [-0.1, -0.05) is 29.8 Å². The van der Waals surface area contributed by atoms with E-state index in [0.717, 1.165) is 22.0 Å². The van der Waals surface area contributed by atoms with E-state index in [9.17, 15) is 0 Å². The number of hydrogen-bond acceptors (Lipinski definition) is 3. The van der Waals surface area contributed by atoms with Crippen LogP contribution in [0.2, 0.25) is 5.02 Å². The fourth-order valence-corrected chi connectivity index (χ4v) is 2.60. The van der Waals surface area contributed by atoms with Crippen LogP contribution in [0.15, 0.2) is 48.9 Å². The zero-order valence-electron chi connectivity index (χ0n) is 13.1. The van der Waals surface area contributed by atoms with Crippen molar-refractivity contribution in [3.8, 4) is 0 Å². The summed E-state index contributed by atoms with van der Waals surface area (Å²) in [5.41, 5.74) is 2.77. The molecule has 8 heteroatoms. The summed E-state index contributed by atoms with van der Waals surface area (Å²) in [5.74, 6) is 0. The summed E-state index contributed by atoms with van der Waals surface area (Å²) >= 11 is 11.5. The van der Waals surface area contributed by atoms with Crippen LogP contribution in [-0.2, 0) is 20.1 Å².